The molecule has 172 valence electrons. The first-order valence-corrected chi connectivity index (χ1v) is 11.3. The molecule has 2 aromatic heterocycles. The van der Waals surface area contributed by atoms with Crippen molar-refractivity contribution in [3.8, 4) is 11.3 Å². The fraction of sp³-hybridized carbons (Fsp3) is 0.318. The first-order chi connectivity index (χ1) is 15.7. The fourth-order valence-electron chi connectivity index (χ4n) is 4.30. The van der Waals surface area contributed by atoms with E-state index in [0.717, 1.165) is 39.4 Å². The van der Waals surface area contributed by atoms with E-state index in [1.165, 1.54) is 6.07 Å². The normalized spacial score (nSPS) is 18.4. The lowest BCUT2D eigenvalue weighted by molar-refractivity contribution is -0.0240. The standard InChI is InChI=1S/C22H19F4N5OS/c1-3-33-29-15-9-30-16(22(15,25)26)10-31(21(30)32)20-17-12(8-27-20)7-11(2)28-19(17)18-13(23)5-4-6-14(18)24/h4-7,10,15,29H,3,8-9H2,1-2H3/t15-/m1/s1. The molecule has 33 heavy (non-hydrogen) atoms. The van der Waals surface area contributed by atoms with Gasteiger partial charge in [0.15, 0.2) is 0 Å². The number of imidazole rings is 1. The molecule has 0 saturated heterocycles. The molecule has 1 aromatic carbocycles. The van der Waals surface area contributed by atoms with Gasteiger partial charge in [-0.05, 0) is 30.7 Å². The van der Waals surface area contributed by atoms with Crippen LogP contribution in [0.5, 0.6) is 0 Å². The quantitative estimate of drug-likeness (QED) is 0.458. The van der Waals surface area contributed by atoms with Gasteiger partial charge in [-0.1, -0.05) is 24.9 Å². The highest BCUT2D eigenvalue weighted by atomic mass is 32.2. The van der Waals surface area contributed by atoms with Crippen molar-refractivity contribution in [2.75, 3.05) is 5.75 Å². The summed E-state index contributed by atoms with van der Waals surface area (Å²) in [6.07, 6.45) is 1.07. The van der Waals surface area contributed by atoms with E-state index in [2.05, 4.69) is 14.7 Å². The third-order valence-corrected chi connectivity index (χ3v) is 6.51. The average Bonchev–Trinajstić information content (AvgIpc) is 3.38. The molecule has 0 fully saturated rings. The van der Waals surface area contributed by atoms with E-state index in [-0.39, 0.29) is 35.7 Å². The van der Waals surface area contributed by atoms with Crippen LogP contribution in [0, 0.1) is 18.6 Å². The van der Waals surface area contributed by atoms with E-state index in [0.29, 0.717) is 17.0 Å². The molecule has 11 heteroatoms. The van der Waals surface area contributed by atoms with Crippen molar-refractivity contribution in [1.82, 2.24) is 18.8 Å². The molecule has 0 bridgehead atoms. The van der Waals surface area contributed by atoms with Crippen LogP contribution in [0.3, 0.4) is 0 Å². The second-order valence-corrected chi connectivity index (χ2v) is 8.99. The van der Waals surface area contributed by atoms with Gasteiger partial charge in [0.2, 0.25) is 0 Å². The zero-order valence-corrected chi connectivity index (χ0v) is 18.5. The van der Waals surface area contributed by atoms with Gasteiger partial charge in [0.05, 0.1) is 24.3 Å². The van der Waals surface area contributed by atoms with Gasteiger partial charge >= 0.3 is 11.6 Å². The molecule has 0 spiro atoms. The maximum Gasteiger partial charge on any atom is 0.334 e. The van der Waals surface area contributed by atoms with Crippen molar-refractivity contribution in [3.05, 3.63) is 75.1 Å². The summed E-state index contributed by atoms with van der Waals surface area (Å²) in [6, 6.07) is 3.96. The van der Waals surface area contributed by atoms with Crippen LogP contribution in [0.25, 0.3) is 11.3 Å². The van der Waals surface area contributed by atoms with E-state index in [4.69, 9.17) is 0 Å². The van der Waals surface area contributed by atoms with Crippen LogP contribution in [0.15, 0.2) is 40.2 Å². The second-order valence-electron chi connectivity index (χ2n) is 7.89. The minimum Gasteiger partial charge on any atom is -0.288 e. The van der Waals surface area contributed by atoms with Crippen molar-refractivity contribution in [2.24, 2.45) is 4.99 Å². The Balaban J connectivity index is 1.64. The van der Waals surface area contributed by atoms with E-state index in [1.807, 2.05) is 6.92 Å². The Hall–Kier alpha value is -2.92. The molecule has 1 atom stereocenters. The molecule has 2 aliphatic heterocycles. The van der Waals surface area contributed by atoms with Crippen molar-refractivity contribution < 1.29 is 17.6 Å². The Morgan fingerprint density at radius 3 is 2.64 bits per heavy atom. The van der Waals surface area contributed by atoms with Gasteiger partial charge in [-0.15, -0.1) is 0 Å². The molecule has 5 rings (SSSR count). The highest BCUT2D eigenvalue weighted by molar-refractivity contribution is 7.97. The number of alkyl halides is 2. The monoisotopic (exact) mass is 477 g/mol. The average molecular weight is 477 g/mol. The van der Waals surface area contributed by atoms with Crippen molar-refractivity contribution in [1.29, 1.82) is 0 Å². The summed E-state index contributed by atoms with van der Waals surface area (Å²) in [5, 5.41) is 0. The number of nitrogens with zero attached hydrogens (tertiary/aromatic N) is 4. The van der Waals surface area contributed by atoms with Crippen LogP contribution in [0.4, 0.5) is 17.6 Å². The number of aryl methyl sites for hydroxylation is 1. The predicted molar refractivity (Wildman–Crippen MR) is 118 cm³/mol. The summed E-state index contributed by atoms with van der Waals surface area (Å²) in [6.45, 7) is 3.45. The van der Waals surface area contributed by atoms with Crippen LogP contribution in [0.1, 0.15) is 29.4 Å². The lowest BCUT2D eigenvalue weighted by atomic mass is 9.99. The Labute approximate surface area is 190 Å². The molecule has 3 aromatic rings. The fourth-order valence-corrected chi connectivity index (χ4v) is 4.89. The smallest absolute Gasteiger partial charge is 0.288 e. The number of hydrogen-bond acceptors (Lipinski definition) is 5. The highest BCUT2D eigenvalue weighted by Crippen LogP contribution is 2.39. The Morgan fingerprint density at radius 1 is 1.24 bits per heavy atom. The first-order valence-electron chi connectivity index (χ1n) is 10.3. The molecule has 1 N–H and O–H groups in total. The number of aliphatic imine (C=N–C) groups is 1. The molecule has 0 amide bonds. The molecule has 0 aliphatic carbocycles. The summed E-state index contributed by atoms with van der Waals surface area (Å²) in [4.78, 5) is 21.8. The van der Waals surface area contributed by atoms with Gasteiger partial charge in [0, 0.05) is 23.2 Å². The molecular formula is C22H19F4N5OS. The number of aromatic nitrogens is 3. The molecule has 0 radical (unpaired) electrons. The lowest BCUT2D eigenvalue weighted by Gasteiger charge is -2.19. The van der Waals surface area contributed by atoms with Crippen molar-refractivity contribution in [2.45, 2.75) is 38.9 Å². The highest BCUT2D eigenvalue weighted by Gasteiger charge is 2.51. The molecule has 0 saturated carbocycles. The molecule has 4 heterocycles. The molecule has 2 aliphatic rings. The number of pyridine rings is 1. The summed E-state index contributed by atoms with van der Waals surface area (Å²) >= 11 is 1.16. The third kappa shape index (κ3) is 3.33. The van der Waals surface area contributed by atoms with Gasteiger partial charge < -0.3 is 0 Å². The minimum atomic E-state index is -3.28. The largest absolute Gasteiger partial charge is 0.334 e. The zero-order chi connectivity index (χ0) is 23.5. The van der Waals surface area contributed by atoms with Gasteiger partial charge in [0.25, 0.3) is 0 Å². The SMILES string of the molecule is CCSN[C@@H]1Cn2c(cn(C3=NCc4cc(C)nc(-c5c(F)cccc5F)c43)c2=O)C1(F)F. The maximum atomic E-state index is 15.0. The van der Waals surface area contributed by atoms with E-state index in [9.17, 15) is 13.6 Å². The Kier molecular flexibility index (Phi) is 5.20. The molecule has 6 nitrogen and oxygen atoms in total. The van der Waals surface area contributed by atoms with Gasteiger partial charge in [0.1, 0.15) is 29.2 Å². The number of hydrogen-bond donors (Lipinski definition) is 1. The number of benzene rings is 1. The van der Waals surface area contributed by atoms with E-state index in [1.54, 1.807) is 13.0 Å². The summed E-state index contributed by atoms with van der Waals surface area (Å²) in [5.74, 6) is -4.27. The second kappa shape index (κ2) is 7.84. The first kappa shape index (κ1) is 21.9. The number of halogens is 4. The number of rotatable bonds is 4. The van der Waals surface area contributed by atoms with Crippen LogP contribution in [0.2, 0.25) is 0 Å². The summed E-state index contributed by atoms with van der Waals surface area (Å²) in [5.41, 5.74) is -0.101. The minimum absolute atomic E-state index is 0.0132. The third-order valence-electron chi connectivity index (χ3n) is 5.77. The van der Waals surface area contributed by atoms with Crippen LogP contribution in [-0.4, -0.2) is 31.7 Å². The lowest BCUT2D eigenvalue weighted by Crippen LogP contribution is -2.38. The maximum absolute atomic E-state index is 15.0. The van der Waals surface area contributed by atoms with Crippen LogP contribution < -0.4 is 10.4 Å². The number of nitrogens with one attached hydrogen (secondary N) is 1. The Bertz CT molecular complexity index is 1340. The van der Waals surface area contributed by atoms with Gasteiger partial charge in [-0.2, -0.15) is 8.78 Å². The zero-order valence-electron chi connectivity index (χ0n) is 17.7. The number of fused-ring (bicyclic) bond motifs is 2. The van der Waals surface area contributed by atoms with Gasteiger partial charge in [-0.25, -0.2) is 13.6 Å². The molecular weight excluding hydrogens is 458 g/mol. The van der Waals surface area contributed by atoms with E-state index < -0.39 is 35.0 Å². The van der Waals surface area contributed by atoms with Crippen LogP contribution in [-0.2, 0) is 19.0 Å². The summed E-state index contributed by atoms with van der Waals surface area (Å²) < 4.78 is 64.0. The van der Waals surface area contributed by atoms with Crippen molar-refractivity contribution >= 4 is 17.8 Å². The summed E-state index contributed by atoms with van der Waals surface area (Å²) in [7, 11) is 0. The Morgan fingerprint density at radius 2 is 1.97 bits per heavy atom. The van der Waals surface area contributed by atoms with Crippen molar-refractivity contribution in [3.63, 3.8) is 0 Å². The van der Waals surface area contributed by atoms with E-state index >= 15 is 8.78 Å². The molecule has 0 unspecified atom stereocenters. The van der Waals surface area contributed by atoms with Gasteiger partial charge in [-0.3, -0.25) is 23.8 Å². The predicted octanol–water partition coefficient (Wildman–Crippen LogP) is 3.84. The van der Waals surface area contributed by atoms with Crippen LogP contribution >= 0.6 is 11.9 Å². The topological polar surface area (TPSA) is 64.2 Å².